The predicted octanol–water partition coefficient (Wildman–Crippen LogP) is 2.76. The highest BCUT2D eigenvalue weighted by Crippen LogP contribution is 2.33. The van der Waals surface area contributed by atoms with Crippen LogP contribution in [0.5, 0.6) is 11.5 Å². The van der Waals surface area contributed by atoms with Crippen LogP contribution in [-0.4, -0.2) is 30.1 Å². The number of benzene rings is 1. The number of pyridine rings is 1. The number of methoxy groups -OCH3 is 1. The summed E-state index contributed by atoms with van der Waals surface area (Å²) >= 11 is 0. The van der Waals surface area contributed by atoms with Crippen LogP contribution in [0, 0.1) is 0 Å². The summed E-state index contributed by atoms with van der Waals surface area (Å²) in [5.74, 6) is 6.45. The molecule has 0 saturated heterocycles. The minimum atomic E-state index is -0.450. The predicted molar refractivity (Wildman–Crippen MR) is 107 cm³/mol. The lowest BCUT2D eigenvalue weighted by molar-refractivity contribution is 0.192. The highest BCUT2D eigenvalue weighted by molar-refractivity contribution is 5.98. The number of amidine groups is 1. The van der Waals surface area contributed by atoms with Gasteiger partial charge in [-0.1, -0.05) is 19.3 Å². The van der Waals surface area contributed by atoms with E-state index in [1.165, 1.54) is 6.42 Å². The Kier molecular flexibility index (Phi) is 6.31. The monoisotopic (exact) mass is 383 g/mol. The van der Waals surface area contributed by atoms with Gasteiger partial charge in [-0.25, -0.2) is 4.79 Å². The van der Waals surface area contributed by atoms with Gasteiger partial charge in [0, 0.05) is 35.1 Å². The minimum absolute atomic E-state index is 0.174. The van der Waals surface area contributed by atoms with Crippen LogP contribution in [-0.2, 0) is 0 Å². The average molecular weight is 383 g/mol. The van der Waals surface area contributed by atoms with Crippen molar-refractivity contribution < 1.29 is 14.3 Å². The maximum atomic E-state index is 12.2. The Morgan fingerprint density at radius 1 is 1.21 bits per heavy atom. The summed E-state index contributed by atoms with van der Waals surface area (Å²) in [6.07, 6.45) is 8.26. The number of nitrogens with one attached hydrogen (secondary N) is 1. The van der Waals surface area contributed by atoms with Crippen molar-refractivity contribution in [2.45, 2.75) is 38.1 Å². The van der Waals surface area contributed by atoms with Gasteiger partial charge in [-0.2, -0.15) is 5.10 Å². The second-order valence-electron chi connectivity index (χ2n) is 6.71. The molecule has 3 rings (SSSR count). The fraction of sp³-hybridized carbons (Fsp3) is 0.350. The lowest BCUT2D eigenvalue weighted by atomic mass is 9.96. The summed E-state index contributed by atoms with van der Waals surface area (Å²) in [6, 6.07) is 7.14. The van der Waals surface area contributed by atoms with E-state index < -0.39 is 6.09 Å². The third-order valence-electron chi connectivity index (χ3n) is 4.79. The van der Waals surface area contributed by atoms with Crippen molar-refractivity contribution in [2.24, 2.45) is 16.7 Å². The molecule has 8 heteroatoms. The van der Waals surface area contributed by atoms with Crippen molar-refractivity contribution in [3.63, 3.8) is 0 Å². The Morgan fingerprint density at radius 2 is 2.00 bits per heavy atom. The summed E-state index contributed by atoms with van der Waals surface area (Å²) in [5.41, 5.74) is 7.81. The van der Waals surface area contributed by atoms with Crippen molar-refractivity contribution in [1.29, 1.82) is 0 Å². The number of hydrogen-bond acceptors (Lipinski definition) is 6. The number of rotatable bonds is 5. The molecule has 1 aliphatic carbocycles. The molecule has 1 aliphatic rings. The van der Waals surface area contributed by atoms with Gasteiger partial charge < -0.3 is 26.4 Å². The SMILES string of the molecule is COc1ccc(OC(=O)NC2CCCCC2)cc1-c1cncc(/C(N)=N/N)c1. The normalized spacial score (nSPS) is 15.1. The van der Waals surface area contributed by atoms with E-state index in [4.69, 9.17) is 21.1 Å². The zero-order chi connectivity index (χ0) is 19.9. The summed E-state index contributed by atoms with van der Waals surface area (Å²) in [5, 5.41) is 6.43. The summed E-state index contributed by atoms with van der Waals surface area (Å²) in [7, 11) is 1.57. The molecule has 1 aromatic carbocycles. The second kappa shape index (κ2) is 9.07. The first-order valence-electron chi connectivity index (χ1n) is 9.26. The van der Waals surface area contributed by atoms with E-state index in [1.54, 1.807) is 43.8 Å². The molecule has 28 heavy (non-hydrogen) atoms. The zero-order valence-corrected chi connectivity index (χ0v) is 15.9. The van der Waals surface area contributed by atoms with Gasteiger partial charge in [0.25, 0.3) is 0 Å². The maximum absolute atomic E-state index is 12.2. The van der Waals surface area contributed by atoms with Crippen molar-refractivity contribution in [1.82, 2.24) is 10.3 Å². The Hall–Kier alpha value is -3.29. The molecule has 0 atom stereocenters. The number of nitrogens with zero attached hydrogens (tertiary/aromatic N) is 2. The molecule has 1 heterocycles. The molecule has 5 N–H and O–H groups in total. The Bertz CT molecular complexity index is 863. The van der Waals surface area contributed by atoms with E-state index in [-0.39, 0.29) is 11.9 Å². The molecule has 8 nitrogen and oxygen atoms in total. The average Bonchev–Trinajstić information content (AvgIpc) is 2.73. The minimum Gasteiger partial charge on any atom is -0.496 e. The van der Waals surface area contributed by atoms with E-state index >= 15 is 0 Å². The van der Waals surface area contributed by atoms with Crippen LogP contribution < -0.4 is 26.4 Å². The first-order valence-corrected chi connectivity index (χ1v) is 9.26. The zero-order valence-electron chi connectivity index (χ0n) is 15.9. The lowest BCUT2D eigenvalue weighted by Gasteiger charge is -2.22. The molecule has 1 aromatic heterocycles. The fourth-order valence-electron chi connectivity index (χ4n) is 3.33. The van der Waals surface area contributed by atoms with Gasteiger partial charge in [0.15, 0.2) is 5.84 Å². The number of ether oxygens (including phenoxy) is 2. The lowest BCUT2D eigenvalue weighted by Crippen LogP contribution is -2.37. The van der Waals surface area contributed by atoms with Gasteiger partial charge in [-0.15, -0.1) is 0 Å². The van der Waals surface area contributed by atoms with Crippen molar-refractivity contribution >= 4 is 11.9 Å². The standard InChI is InChI=1S/C20H25N5O3/c1-27-18-8-7-16(28-20(26)24-15-5-3-2-4-6-15)10-17(18)13-9-14(12-23-11-13)19(21)25-22/h7-12,15H,2-6,22H2,1H3,(H2,21,25)(H,24,26). The van der Waals surface area contributed by atoms with E-state index in [0.29, 0.717) is 22.6 Å². The molecule has 0 spiro atoms. The number of hydrogen-bond donors (Lipinski definition) is 3. The van der Waals surface area contributed by atoms with Crippen LogP contribution in [0.1, 0.15) is 37.7 Å². The molecule has 0 radical (unpaired) electrons. The molecule has 0 unspecified atom stereocenters. The molecule has 1 amide bonds. The molecular formula is C20H25N5O3. The highest BCUT2D eigenvalue weighted by atomic mass is 16.6. The number of nitrogens with two attached hydrogens (primary N) is 2. The quantitative estimate of drug-likeness (QED) is 0.315. The second-order valence-corrected chi connectivity index (χ2v) is 6.71. The first-order chi connectivity index (χ1) is 13.6. The van der Waals surface area contributed by atoms with Gasteiger partial charge >= 0.3 is 6.09 Å². The van der Waals surface area contributed by atoms with E-state index in [0.717, 1.165) is 31.2 Å². The van der Waals surface area contributed by atoms with Crippen molar-refractivity contribution in [3.05, 3.63) is 42.2 Å². The highest BCUT2D eigenvalue weighted by Gasteiger charge is 2.17. The van der Waals surface area contributed by atoms with Crippen LogP contribution in [0.3, 0.4) is 0 Å². The van der Waals surface area contributed by atoms with Crippen molar-refractivity contribution in [2.75, 3.05) is 7.11 Å². The van der Waals surface area contributed by atoms with Crippen LogP contribution in [0.4, 0.5) is 4.79 Å². The van der Waals surface area contributed by atoms with Crippen LogP contribution in [0.15, 0.2) is 41.8 Å². The Labute approximate surface area is 163 Å². The maximum Gasteiger partial charge on any atom is 0.412 e. The summed E-state index contributed by atoms with van der Waals surface area (Å²) < 4.78 is 10.9. The third kappa shape index (κ3) is 4.70. The molecule has 0 aliphatic heterocycles. The van der Waals surface area contributed by atoms with Crippen molar-refractivity contribution in [3.8, 4) is 22.6 Å². The Balaban J connectivity index is 1.81. The van der Waals surface area contributed by atoms with E-state index in [9.17, 15) is 4.79 Å². The molecule has 0 bridgehead atoms. The number of aromatic nitrogens is 1. The van der Waals surface area contributed by atoms with Crippen LogP contribution >= 0.6 is 0 Å². The van der Waals surface area contributed by atoms with Gasteiger partial charge in [0.1, 0.15) is 11.5 Å². The van der Waals surface area contributed by atoms with Gasteiger partial charge in [-0.05, 0) is 37.1 Å². The van der Waals surface area contributed by atoms with Gasteiger partial charge in [0.2, 0.25) is 0 Å². The van der Waals surface area contributed by atoms with E-state index in [2.05, 4.69) is 15.4 Å². The van der Waals surface area contributed by atoms with Gasteiger partial charge in [-0.3, -0.25) is 4.98 Å². The molecule has 1 fully saturated rings. The number of carbonyl (C=O) groups excluding carboxylic acids is 1. The fourth-order valence-corrected chi connectivity index (χ4v) is 3.33. The molecule has 2 aromatic rings. The summed E-state index contributed by atoms with van der Waals surface area (Å²) in [4.78, 5) is 16.4. The van der Waals surface area contributed by atoms with Gasteiger partial charge in [0.05, 0.1) is 7.11 Å². The van der Waals surface area contributed by atoms with Crippen LogP contribution in [0.25, 0.3) is 11.1 Å². The van der Waals surface area contributed by atoms with Crippen LogP contribution in [0.2, 0.25) is 0 Å². The Morgan fingerprint density at radius 3 is 2.71 bits per heavy atom. The topological polar surface area (TPSA) is 125 Å². The number of carbonyl (C=O) groups is 1. The summed E-state index contributed by atoms with van der Waals surface area (Å²) in [6.45, 7) is 0. The molecule has 1 saturated carbocycles. The first kappa shape index (κ1) is 19.5. The molecule has 148 valence electrons. The third-order valence-corrected chi connectivity index (χ3v) is 4.79. The number of amides is 1. The smallest absolute Gasteiger partial charge is 0.412 e. The number of hydrazone groups is 1. The largest absolute Gasteiger partial charge is 0.496 e. The molecular weight excluding hydrogens is 358 g/mol. The van der Waals surface area contributed by atoms with E-state index in [1.807, 2.05) is 0 Å².